The molecule has 0 fully saturated rings. The third kappa shape index (κ3) is 4.27. The molecule has 6 nitrogen and oxygen atoms in total. The second-order valence-corrected chi connectivity index (χ2v) is 4.06. The van der Waals surface area contributed by atoms with Crippen molar-refractivity contribution in [3.8, 4) is 5.75 Å². The van der Waals surface area contributed by atoms with Gasteiger partial charge in [0.1, 0.15) is 11.6 Å². The fraction of sp³-hybridized carbons (Fsp3) is 0.0714. The average molecular weight is 290 g/mol. The number of carbonyl (C=O) groups excluding carboxylic acids is 1. The Balaban J connectivity index is 1.90. The van der Waals surface area contributed by atoms with E-state index in [1.165, 1.54) is 42.7 Å². The number of carboxylic acid groups (broad SMARTS) is 1. The number of halogens is 1. The zero-order valence-electron chi connectivity index (χ0n) is 10.7. The molecular formula is C14H11FN2O4. The van der Waals surface area contributed by atoms with Crippen molar-refractivity contribution in [2.75, 3.05) is 11.9 Å². The number of carbonyl (C=O) groups is 2. The Labute approximate surface area is 119 Å². The summed E-state index contributed by atoms with van der Waals surface area (Å²) in [6.45, 7) is -0.317. The molecule has 2 rings (SSSR count). The second kappa shape index (κ2) is 6.47. The molecule has 0 spiro atoms. The van der Waals surface area contributed by atoms with Gasteiger partial charge >= 0.3 is 5.97 Å². The van der Waals surface area contributed by atoms with Crippen molar-refractivity contribution in [2.24, 2.45) is 0 Å². The van der Waals surface area contributed by atoms with E-state index in [0.717, 1.165) is 0 Å². The average Bonchev–Trinajstić information content (AvgIpc) is 2.48. The standard InChI is InChI=1S/C14H11FN2O4/c15-10-1-3-11(4-2-10)17-13(18)8-21-12-5-9(14(19)20)6-16-7-12/h1-7H,8H2,(H,17,18)(H,19,20). The van der Waals surface area contributed by atoms with Crippen LogP contribution in [0.15, 0.2) is 42.7 Å². The number of nitrogens with one attached hydrogen (secondary N) is 1. The highest BCUT2D eigenvalue weighted by molar-refractivity contribution is 5.92. The Morgan fingerprint density at radius 1 is 1.24 bits per heavy atom. The molecule has 2 aromatic rings. The number of amides is 1. The van der Waals surface area contributed by atoms with Crippen LogP contribution in [-0.2, 0) is 4.79 Å². The van der Waals surface area contributed by atoms with Crippen LogP contribution in [0.3, 0.4) is 0 Å². The van der Waals surface area contributed by atoms with Gasteiger partial charge in [0, 0.05) is 11.9 Å². The zero-order chi connectivity index (χ0) is 15.2. The third-order valence-corrected chi connectivity index (χ3v) is 2.46. The van der Waals surface area contributed by atoms with Crippen molar-refractivity contribution >= 4 is 17.6 Å². The van der Waals surface area contributed by atoms with Gasteiger partial charge in [0.05, 0.1) is 11.8 Å². The molecule has 1 heterocycles. The number of anilines is 1. The van der Waals surface area contributed by atoms with Crippen LogP contribution in [0.5, 0.6) is 5.75 Å². The van der Waals surface area contributed by atoms with Gasteiger partial charge in [-0.15, -0.1) is 0 Å². The van der Waals surface area contributed by atoms with Crippen molar-refractivity contribution < 1.29 is 23.8 Å². The molecule has 0 saturated heterocycles. The number of nitrogens with zero attached hydrogens (tertiary/aromatic N) is 1. The summed E-state index contributed by atoms with van der Waals surface area (Å²) in [6, 6.07) is 6.54. The number of aromatic carboxylic acids is 1. The topological polar surface area (TPSA) is 88.5 Å². The van der Waals surface area contributed by atoms with Crippen molar-refractivity contribution in [3.05, 3.63) is 54.1 Å². The van der Waals surface area contributed by atoms with Crippen molar-refractivity contribution in [2.45, 2.75) is 0 Å². The second-order valence-electron chi connectivity index (χ2n) is 4.06. The number of carboxylic acids is 1. The first kappa shape index (κ1) is 14.4. The predicted molar refractivity (Wildman–Crippen MR) is 71.7 cm³/mol. The summed E-state index contributed by atoms with van der Waals surface area (Å²) in [5.74, 6) is -1.82. The molecule has 0 aliphatic carbocycles. The van der Waals surface area contributed by atoms with E-state index in [9.17, 15) is 14.0 Å². The van der Waals surface area contributed by atoms with Gasteiger partial charge in [-0.25, -0.2) is 9.18 Å². The SMILES string of the molecule is O=C(COc1cncc(C(=O)O)c1)Nc1ccc(F)cc1. The van der Waals surface area contributed by atoms with Crippen molar-refractivity contribution in [1.29, 1.82) is 0 Å². The minimum atomic E-state index is -1.14. The van der Waals surface area contributed by atoms with Crippen molar-refractivity contribution in [1.82, 2.24) is 4.98 Å². The molecule has 0 aliphatic heterocycles. The fourth-order valence-electron chi connectivity index (χ4n) is 1.49. The maximum atomic E-state index is 12.7. The lowest BCUT2D eigenvalue weighted by atomic mass is 10.3. The maximum Gasteiger partial charge on any atom is 0.337 e. The molecule has 108 valence electrons. The number of rotatable bonds is 5. The van der Waals surface area contributed by atoms with Gasteiger partial charge in [-0.05, 0) is 30.3 Å². The molecule has 0 radical (unpaired) electrons. The van der Waals surface area contributed by atoms with Crippen LogP contribution in [0.2, 0.25) is 0 Å². The molecule has 1 aromatic heterocycles. The van der Waals surface area contributed by atoms with Crippen LogP contribution in [0.1, 0.15) is 10.4 Å². The molecule has 2 N–H and O–H groups in total. The Morgan fingerprint density at radius 2 is 1.95 bits per heavy atom. The van der Waals surface area contributed by atoms with Crippen LogP contribution in [0.4, 0.5) is 10.1 Å². The normalized spacial score (nSPS) is 9.95. The van der Waals surface area contributed by atoms with Gasteiger partial charge in [0.25, 0.3) is 5.91 Å². The lowest BCUT2D eigenvalue weighted by Crippen LogP contribution is -2.20. The van der Waals surface area contributed by atoms with E-state index in [-0.39, 0.29) is 17.9 Å². The molecular weight excluding hydrogens is 279 g/mol. The van der Waals surface area contributed by atoms with Gasteiger partial charge in [-0.2, -0.15) is 0 Å². The largest absolute Gasteiger partial charge is 0.482 e. The summed E-state index contributed by atoms with van der Waals surface area (Å²) >= 11 is 0. The molecule has 1 amide bonds. The van der Waals surface area contributed by atoms with Crippen LogP contribution in [0.25, 0.3) is 0 Å². The molecule has 0 bridgehead atoms. The van der Waals surface area contributed by atoms with Crippen LogP contribution >= 0.6 is 0 Å². The molecule has 0 aliphatic rings. The smallest absolute Gasteiger partial charge is 0.337 e. The van der Waals surface area contributed by atoms with E-state index in [1.54, 1.807) is 0 Å². The Kier molecular flexibility index (Phi) is 4.45. The number of benzene rings is 1. The van der Waals surface area contributed by atoms with Gasteiger partial charge < -0.3 is 15.2 Å². The highest BCUT2D eigenvalue weighted by Gasteiger charge is 2.07. The summed E-state index contributed by atoms with van der Waals surface area (Å²) in [7, 11) is 0. The van der Waals surface area contributed by atoms with Gasteiger partial charge in [-0.3, -0.25) is 9.78 Å². The Morgan fingerprint density at radius 3 is 2.62 bits per heavy atom. The van der Waals surface area contributed by atoms with E-state index in [4.69, 9.17) is 9.84 Å². The van der Waals surface area contributed by atoms with Crippen LogP contribution < -0.4 is 10.1 Å². The lowest BCUT2D eigenvalue weighted by Gasteiger charge is -2.07. The summed E-state index contributed by atoms with van der Waals surface area (Å²) in [6.07, 6.45) is 2.48. The number of hydrogen-bond acceptors (Lipinski definition) is 4. The number of ether oxygens (including phenoxy) is 1. The molecule has 7 heteroatoms. The maximum absolute atomic E-state index is 12.7. The summed E-state index contributed by atoms with van der Waals surface area (Å²) in [5, 5.41) is 11.3. The van der Waals surface area contributed by atoms with E-state index in [2.05, 4.69) is 10.3 Å². The first-order valence-electron chi connectivity index (χ1n) is 5.91. The predicted octanol–water partition coefficient (Wildman–Crippen LogP) is 1.94. The summed E-state index contributed by atoms with van der Waals surface area (Å²) in [5.41, 5.74) is 0.397. The highest BCUT2D eigenvalue weighted by Crippen LogP contribution is 2.12. The molecule has 0 unspecified atom stereocenters. The highest BCUT2D eigenvalue weighted by atomic mass is 19.1. The molecule has 21 heavy (non-hydrogen) atoms. The Bertz CT molecular complexity index is 658. The lowest BCUT2D eigenvalue weighted by molar-refractivity contribution is -0.118. The molecule has 0 saturated carbocycles. The quantitative estimate of drug-likeness (QED) is 0.878. The van der Waals surface area contributed by atoms with E-state index in [1.807, 2.05) is 0 Å². The van der Waals surface area contributed by atoms with Crippen molar-refractivity contribution in [3.63, 3.8) is 0 Å². The number of hydrogen-bond donors (Lipinski definition) is 2. The third-order valence-electron chi connectivity index (χ3n) is 2.46. The Hall–Kier alpha value is -2.96. The number of aromatic nitrogens is 1. The monoisotopic (exact) mass is 290 g/mol. The van der Waals surface area contributed by atoms with E-state index in [0.29, 0.717) is 5.69 Å². The number of pyridine rings is 1. The van der Waals surface area contributed by atoms with Gasteiger partial charge in [0.2, 0.25) is 0 Å². The van der Waals surface area contributed by atoms with E-state index >= 15 is 0 Å². The summed E-state index contributed by atoms with van der Waals surface area (Å²) in [4.78, 5) is 26.1. The first-order valence-corrected chi connectivity index (χ1v) is 5.91. The fourth-order valence-corrected chi connectivity index (χ4v) is 1.49. The zero-order valence-corrected chi connectivity index (χ0v) is 10.7. The minimum Gasteiger partial charge on any atom is -0.482 e. The van der Waals surface area contributed by atoms with Gasteiger partial charge in [0.15, 0.2) is 6.61 Å². The minimum absolute atomic E-state index is 0.0357. The van der Waals surface area contributed by atoms with E-state index < -0.39 is 17.7 Å². The summed E-state index contributed by atoms with van der Waals surface area (Å²) < 4.78 is 17.8. The molecule has 0 atom stereocenters. The van der Waals surface area contributed by atoms with Crippen LogP contribution in [-0.4, -0.2) is 28.6 Å². The van der Waals surface area contributed by atoms with Crippen LogP contribution in [0, 0.1) is 5.82 Å². The molecule has 1 aromatic carbocycles. The first-order chi connectivity index (χ1) is 10.0. The van der Waals surface area contributed by atoms with Gasteiger partial charge in [-0.1, -0.05) is 0 Å².